The van der Waals surface area contributed by atoms with Crippen LogP contribution in [0.5, 0.6) is 5.75 Å². The number of aryl methyl sites for hydroxylation is 1. The summed E-state index contributed by atoms with van der Waals surface area (Å²) in [6.07, 6.45) is 4.81. The van der Waals surface area contributed by atoms with Gasteiger partial charge in [0, 0.05) is 11.6 Å². The summed E-state index contributed by atoms with van der Waals surface area (Å²) in [5.74, 6) is 0.683. The second-order valence-electron chi connectivity index (χ2n) is 6.52. The normalized spacial score (nSPS) is 21.4. The Kier molecular flexibility index (Phi) is 4.83. The van der Waals surface area contributed by atoms with E-state index in [1.54, 1.807) is 19.1 Å². The van der Waals surface area contributed by atoms with Crippen LogP contribution in [-0.4, -0.2) is 35.8 Å². The van der Waals surface area contributed by atoms with Gasteiger partial charge in [0.05, 0.1) is 6.61 Å². The van der Waals surface area contributed by atoms with Crippen molar-refractivity contribution in [3.8, 4) is 5.75 Å². The summed E-state index contributed by atoms with van der Waals surface area (Å²) in [6.45, 7) is 5.01. The molecule has 1 aliphatic carbocycles. The van der Waals surface area contributed by atoms with Crippen molar-refractivity contribution in [2.45, 2.75) is 57.8 Å². The lowest BCUT2D eigenvalue weighted by molar-refractivity contribution is -0.161. The third-order valence-corrected chi connectivity index (χ3v) is 5.29. The molecule has 4 nitrogen and oxygen atoms in total. The molecule has 1 saturated carbocycles. The lowest BCUT2D eigenvalue weighted by Gasteiger charge is -2.40. The minimum absolute atomic E-state index is 0.0111. The van der Waals surface area contributed by atoms with Crippen LogP contribution in [0, 0.1) is 6.92 Å². The summed E-state index contributed by atoms with van der Waals surface area (Å²) in [4.78, 5) is 14.8. The zero-order valence-electron chi connectivity index (χ0n) is 13.8. The monoisotopic (exact) mass is 337 g/mol. The highest BCUT2D eigenvalue weighted by Gasteiger charge is 2.46. The topological polar surface area (TPSA) is 38.8 Å². The molecule has 3 rings (SSSR count). The largest absolute Gasteiger partial charge is 0.481 e. The third kappa shape index (κ3) is 3.33. The van der Waals surface area contributed by atoms with Gasteiger partial charge in [-0.15, -0.1) is 0 Å². The SMILES string of the molecule is Cc1cc(O[C@@H](C)C(=O)N2CCOC23CCCCC3)ccc1Cl. The van der Waals surface area contributed by atoms with Gasteiger partial charge in [-0.3, -0.25) is 4.79 Å². The van der Waals surface area contributed by atoms with Crippen molar-refractivity contribution >= 4 is 17.5 Å². The van der Waals surface area contributed by atoms with Crippen LogP contribution in [0.25, 0.3) is 0 Å². The molecular formula is C18H24ClNO3. The van der Waals surface area contributed by atoms with Crippen LogP contribution < -0.4 is 4.74 Å². The molecule has 1 spiro atoms. The molecule has 0 N–H and O–H groups in total. The first-order valence-electron chi connectivity index (χ1n) is 8.40. The van der Waals surface area contributed by atoms with E-state index in [9.17, 15) is 4.79 Å². The molecule has 1 aromatic rings. The zero-order chi connectivity index (χ0) is 16.4. The fraction of sp³-hybridized carbons (Fsp3) is 0.611. The number of hydrogen-bond donors (Lipinski definition) is 0. The number of nitrogens with zero attached hydrogens (tertiary/aromatic N) is 1. The van der Waals surface area contributed by atoms with Crippen LogP contribution >= 0.6 is 11.6 Å². The Labute approximate surface area is 142 Å². The number of ether oxygens (including phenoxy) is 2. The number of amides is 1. The maximum Gasteiger partial charge on any atom is 0.265 e. The lowest BCUT2D eigenvalue weighted by atomic mass is 9.90. The summed E-state index contributed by atoms with van der Waals surface area (Å²) in [5.41, 5.74) is 0.556. The van der Waals surface area contributed by atoms with E-state index < -0.39 is 6.10 Å². The Morgan fingerprint density at radius 3 is 2.78 bits per heavy atom. The van der Waals surface area contributed by atoms with Crippen LogP contribution in [0.15, 0.2) is 18.2 Å². The molecule has 23 heavy (non-hydrogen) atoms. The lowest BCUT2D eigenvalue weighted by Crippen LogP contribution is -2.53. The number of hydrogen-bond acceptors (Lipinski definition) is 3. The van der Waals surface area contributed by atoms with Crippen molar-refractivity contribution in [3.05, 3.63) is 28.8 Å². The van der Waals surface area contributed by atoms with Gasteiger partial charge in [-0.05, 0) is 63.3 Å². The van der Waals surface area contributed by atoms with E-state index in [2.05, 4.69) is 0 Å². The fourth-order valence-corrected chi connectivity index (χ4v) is 3.72. The Hall–Kier alpha value is -1.26. The van der Waals surface area contributed by atoms with Crippen LogP contribution in [-0.2, 0) is 9.53 Å². The zero-order valence-corrected chi connectivity index (χ0v) is 14.6. The van der Waals surface area contributed by atoms with Gasteiger partial charge in [-0.25, -0.2) is 0 Å². The molecule has 2 aliphatic rings. The van der Waals surface area contributed by atoms with E-state index in [1.807, 2.05) is 17.9 Å². The van der Waals surface area contributed by atoms with Crippen LogP contribution in [0.2, 0.25) is 5.02 Å². The molecule has 5 heteroatoms. The van der Waals surface area contributed by atoms with Gasteiger partial charge in [-0.2, -0.15) is 0 Å². The van der Waals surface area contributed by atoms with Crippen LogP contribution in [0.4, 0.5) is 0 Å². The van der Waals surface area contributed by atoms with Gasteiger partial charge in [0.15, 0.2) is 6.10 Å². The highest BCUT2D eigenvalue weighted by atomic mass is 35.5. The third-order valence-electron chi connectivity index (χ3n) is 4.87. The average Bonchev–Trinajstić information content (AvgIpc) is 2.93. The Bertz CT molecular complexity index is 584. The van der Waals surface area contributed by atoms with Gasteiger partial charge < -0.3 is 14.4 Å². The molecule has 1 aliphatic heterocycles. The smallest absolute Gasteiger partial charge is 0.265 e. The van der Waals surface area contributed by atoms with E-state index in [-0.39, 0.29) is 11.6 Å². The van der Waals surface area contributed by atoms with E-state index >= 15 is 0 Å². The summed E-state index contributed by atoms with van der Waals surface area (Å²) in [5, 5.41) is 0.699. The fourth-order valence-electron chi connectivity index (χ4n) is 3.60. The summed E-state index contributed by atoms with van der Waals surface area (Å²) in [6, 6.07) is 5.46. The summed E-state index contributed by atoms with van der Waals surface area (Å²) >= 11 is 6.03. The van der Waals surface area contributed by atoms with Gasteiger partial charge in [-0.1, -0.05) is 18.0 Å². The quantitative estimate of drug-likeness (QED) is 0.838. The standard InChI is InChI=1S/C18H24ClNO3/c1-13-12-15(6-7-16(13)19)23-14(2)17(21)20-10-11-22-18(20)8-4-3-5-9-18/h6-7,12,14H,3-5,8-11H2,1-2H3/t14-/m0/s1. The molecule has 1 atom stereocenters. The first-order valence-corrected chi connectivity index (χ1v) is 8.78. The molecule has 1 heterocycles. The van der Waals surface area contributed by atoms with Gasteiger partial charge >= 0.3 is 0 Å². The van der Waals surface area contributed by atoms with Crippen LogP contribution in [0.1, 0.15) is 44.6 Å². The molecule has 126 valence electrons. The van der Waals surface area contributed by atoms with E-state index in [0.29, 0.717) is 23.9 Å². The number of benzene rings is 1. The highest BCUT2D eigenvalue weighted by Crippen LogP contribution is 2.38. The Balaban J connectivity index is 1.70. The second-order valence-corrected chi connectivity index (χ2v) is 6.92. The van der Waals surface area contributed by atoms with Crippen molar-refractivity contribution in [1.29, 1.82) is 0 Å². The molecule has 1 amide bonds. The maximum absolute atomic E-state index is 12.9. The Morgan fingerprint density at radius 2 is 2.09 bits per heavy atom. The predicted molar refractivity (Wildman–Crippen MR) is 89.8 cm³/mol. The number of halogens is 1. The minimum atomic E-state index is -0.531. The first kappa shape index (κ1) is 16.6. The average molecular weight is 338 g/mol. The number of carbonyl (C=O) groups excluding carboxylic acids is 1. The highest BCUT2D eigenvalue weighted by molar-refractivity contribution is 6.31. The van der Waals surface area contributed by atoms with Crippen molar-refractivity contribution in [3.63, 3.8) is 0 Å². The van der Waals surface area contributed by atoms with Gasteiger partial charge in [0.1, 0.15) is 11.5 Å². The summed E-state index contributed by atoms with van der Waals surface area (Å²) in [7, 11) is 0. The molecule has 0 unspecified atom stereocenters. The number of carbonyl (C=O) groups is 1. The van der Waals surface area contributed by atoms with Gasteiger partial charge in [0.25, 0.3) is 5.91 Å². The van der Waals surface area contributed by atoms with Crippen molar-refractivity contribution < 1.29 is 14.3 Å². The molecule has 1 aromatic carbocycles. The predicted octanol–water partition coefficient (Wildman–Crippen LogP) is 3.93. The molecular weight excluding hydrogens is 314 g/mol. The van der Waals surface area contributed by atoms with Crippen molar-refractivity contribution in [1.82, 2.24) is 4.90 Å². The molecule has 1 saturated heterocycles. The van der Waals surface area contributed by atoms with E-state index in [1.165, 1.54) is 6.42 Å². The van der Waals surface area contributed by atoms with Gasteiger partial charge in [0.2, 0.25) is 0 Å². The maximum atomic E-state index is 12.9. The molecule has 2 fully saturated rings. The minimum Gasteiger partial charge on any atom is -0.481 e. The number of rotatable bonds is 3. The first-order chi connectivity index (χ1) is 11.0. The van der Waals surface area contributed by atoms with E-state index in [4.69, 9.17) is 21.1 Å². The molecule has 0 bridgehead atoms. The van der Waals surface area contributed by atoms with Crippen LogP contribution in [0.3, 0.4) is 0 Å². The van der Waals surface area contributed by atoms with E-state index in [0.717, 1.165) is 31.2 Å². The van der Waals surface area contributed by atoms with Crippen molar-refractivity contribution in [2.24, 2.45) is 0 Å². The molecule has 0 radical (unpaired) electrons. The van der Waals surface area contributed by atoms with Crippen molar-refractivity contribution in [2.75, 3.05) is 13.2 Å². The summed E-state index contributed by atoms with van der Waals surface area (Å²) < 4.78 is 11.8. The Morgan fingerprint density at radius 1 is 1.35 bits per heavy atom. The second kappa shape index (κ2) is 6.70. The molecule has 0 aromatic heterocycles.